The zero-order chi connectivity index (χ0) is 21.0. The standard InChI is InChI=1S/C21H22N4O3S/c1-21(2,3)16-10-8-14(9-11-16)19-23-24-20(29)25(19)22-12-15-6-4-5-7-17(15)28-13-18(26)27/h4-12H,13H2,1-3H3,(H,24,29)(H,26,27)/b22-12-. The van der Waals surface area contributed by atoms with Gasteiger partial charge in [-0.1, -0.05) is 57.2 Å². The van der Waals surface area contributed by atoms with Crippen molar-refractivity contribution in [3.8, 4) is 17.1 Å². The smallest absolute Gasteiger partial charge is 0.341 e. The van der Waals surface area contributed by atoms with Gasteiger partial charge in [0.15, 0.2) is 12.4 Å². The third-order valence-electron chi connectivity index (χ3n) is 4.24. The number of hydrogen-bond donors (Lipinski definition) is 2. The van der Waals surface area contributed by atoms with Crippen LogP contribution >= 0.6 is 12.2 Å². The molecule has 0 aliphatic rings. The van der Waals surface area contributed by atoms with Gasteiger partial charge >= 0.3 is 5.97 Å². The van der Waals surface area contributed by atoms with Crippen molar-refractivity contribution in [1.29, 1.82) is 0 Å². The van der Waals surface area contributed by atoms with Gasteiger partial charge in [-0.05, 0) is 35.3 Å². The van der Waals surface area contributed by atoms with E-state index in [2.05, 4.69) is 48.2 Å². The zero-order valence-corrected chi connectivity index (χ0v) is 17.2. The second kappa shape index (κ2) is 8.40. The van der Waals surface area contributed by atoms with Crippen molar-refractivity contribution in [3.05, 3.63) is 64.4 Å². The van der Waals surface area contributed by atoms with Crippen molar-refractivity contribution < 1.29 is 14.6 Å². The monoisotopic (exact) mass is 410 g/mol. The maximum absolute atomic E-state index is 10.8. The first kappa shape index (κ1) is 20.5. The van der Waals surface area contributed by atoms with Gasteiger partial charge in [0.25, 0.3) is 0 Å². The Morgan fingerprint density at radius 3 is 2.59 bits per heavy atom. The van der Waals surface area contributed by atoms with Crippen LogP contribution in [0.15, 0.2) is 53.6 Å². The highest BCUT2D eigenvalue weighted by Crippen LogP contribution is 2.25. The molecule has 8 heteroatoms. The number of aromatic nitrogens is 3. The number of aliphatic carboxylic acids is 1. The summed E-state index contributed by atoms with van der Waals surface area (Å²) in [6.07, 6.45) is 1.57. The number of benzene rings is 2. The molecule has 0 unspecified atom stereocenters. The lowest BCUT2D eigenvalue weighted by Crippen LogP contribution is -2.10. The highest BCUT2D eigenvalue weighted by atomic mass is 32.1. The number of nitrogens with zero attached hydrogens (tertiary/aromatic N) is 3. The molecule has 0 spiro atoms. The Bertz CT molecular complexity index is 1090. The average Bonchev–Trinajstić information content (AvgIpc) is 3.05. The fourth-order valence-electron chi connectivity index (χ4n) is 2.68. The summed E-state index contributed by atoms with van der Waals surface area (Å²) in [7, 11) is 0. The van der Waals surface area contributed by atoms with E-state index in [1.807, 2.05) is 18.2 Å². The van der Waals surface area contributed by atoms with E-state index in [4.69, 9.17) is 22.1 Å². The van der Waals surface area contributed by atoms with Crippen molar-refractivity contribution >= 4 is 24.4 Å². The number of carboxylic acid groups (broad SMARTS) is 1. The van der Waals surface area contributed by atoms with Crippen LogP contribution in [0.1, 0.15) is 31.9 Å². The zero-order valence-electron chi connectivity index (χ0n) is 16.4. The van der Waals surface area contributed by atoms with Gasteiger partial charge in [0.2, 0.25) is 4.77 Å². The van der Waals surface area contributed by atoms with Crippen molar-refractivity contribution in [2.24, 2.45) is 5.10 Å². The summed E-state index contributed by atoms with van der Waals surface area (Å²) >= 11 is 5.31. The van der Waals surface area contributed by atoms with Gasteiger partial charge in [-0.15, -0.1) is 0 Å². The lowest BCUT2D eigenvalue weighted by Gasteiger charge is -2.18. The molecule has 1 heterocycles. The number of H-pyrrole nitrogens is 1. The van der Waals surface area contributed by atoms with Crippen molar-refractivity contribution in [2.75, 3.05) is 6.61 Å². The maximum Gasteiger partial charge on any atom is 0.341 e. The number of rotatable bonds is 6. The molecule has 2 aromatic carbocycles. The first-order valence-corrected chi connectivity index (χ1v) is 9.43. The maximum atomic E-state index is 10.8. The average molecular weight is 410 g/mol. The number of aromatic amines is 1. The second-order valence-electron chi connectivity index (χ2n) is 7.46. The molecule has 0 radical (unpaired) electrons. The lowest BCUT2D eigenvalue weighted by atomic mass is 9.87. The van der Waals surface area contributed by atoms with E-state index in [1.165, 1.54) is 10.2 Å². The summed E-state index contributed by atoms with van der Waals surface area (Å²) in [5.74, 6) is -0.0461. The molecule has 150 valence electrons. The number of ether oxygens (including phenoxy) is 1. The number of nitrogens with one attached hydrogen (secondary N) is 1. The van der Waals surface area contributed by atoms with Crippen LogP contribution in [-0.2, 0) is 10.2 Å². The molecule has 3 rings (SSSR count). The minimum Gasteiger partial charge on any atom is -0.481 e. The van der Waals surface area contributed by atoms with Crippen molar-refractivity contribution in [1.82, 2.24) is 14.9 Å². The van der Waals surface area contributed by atoms with Crippen molar-refractivity contribution in [2.45, 2.75) is 26.2 Å². The molecule has 2 N–H and O–H groups in total. The molecule has 1 aromatic heterocycles. The predicted molar refractivity (Wildman–Crippen MR) is 114 cm³/mol. The van der Waals surface area contributed by atoms with Gasteiger partial charge in [-0.3, -0.25) is 0 Å². The fraction of sp³-hybridized carbons (Fsp3) is 0.238. The second-order valence-corrected chi connectivity index (χ2v) is 7.84. The highest BCUT2D eigenvalue weighted by molar-refractivity contribution is 7.71. The predicted octanol–water partition coefficient (Wildman–Crippen LogP) is 4.25. The normalized spacial score (nSPS) is 11.7. The summed E-state index contributed by atoms with van der Waals surface area (Å²) < 4.78 is 7.18. The Hall–Kier alpha value is -3.26. The molecule has 3 aromatic rings. The lowest BCUT2D eigenvalue weighted by molar-refractivity contribution is -0.139. The SMILES string of the molecule is CC(C)(C)c1ccc(-c2n[nH]c(=S)n2/N=C\c2ccccc2OCC(=O)O)cc1. The topological polar surface area (TPSA) is 92.5 Å². The summed E-state index contributed by atoms with van der Waals surface area (Å²) in [6, 6.07) is 15.2. The van der Waals surface area contributed by atoms with Gasteiger partial charge in [0, 0.05) is 11.1 Å². The molecule has 0 amide bonds. The first-order chi connectivity index (χ1) is 13.8. The Balaban J connectivity index is 1.92. The van der Waals surface area contributed by atoms with Crippen molar-refractivity contribution in [3.63, 3.8) is 0 Å². The third kappa shape index (κ3) is 4.97. The minimum absolute atomic E-state index is 0.0566. The van der Waals surface area contributed by atoms with Gasteiger partial charge in [-0.25, -0.2) is 9.89 Å². The molecule has 0 aliphatic carbocycles. The van der Waals surface area contributed by atoms with E-state index in [0.717, 1.165) is 5.56 Å². The summed E-state index contributed by atoms with van der Waals surface area (Å²) in [5.41, 5.74) is 2.78. The number of carbonyl (C=O) groups is 1. The van der Waals surface area contributed by atoms with E-state index < -0.39 is 12.6 Å². The third-order valence-corrected chi connectivity index (χ3v) is 4.51. The molecular weight excluding hydrogens is 388 g/mol. The molecule has 7 nitrogen and oxygen atoms in total. The van der Waals surface area contributed by atoms with Gasteiger partial charge in [0.1, 0.15) is 5.75 Å². The Morgan fingerprint density at radius 2 is 1.93 bits per heavy atom. The van der Waals surface area contributed by atoms with Crippen LogP contribution in [-0.4, -0.2) is 38.8 Å². The number of hydrogen-bond acceptors (Lipinski definition) is 5. The summed E-state index contributed by atoms with van der Waals surface area (Å²) in [6.45, 7) is 6.05. The molecule has 0 bridgehead atoms. The molecule has 0 atom stereocenters. The van der Waals surface area contributed by atoms with Crippen LogP contribution in [0, 0.1) is 4.77 Å². The summed E-state index contributed by atoms with van der Waals surface area (Å²) in [4.78, 5) is 10.8. The van der Waals surface area contributed by atoms with E-state index in [-0.39, 0.29) is 5.41 Å². The van der Waals surface area contributed by atoms with Crippen LogP contribution in [0.3, 0.4) is 0 Å². The van der Waals surface area contributed by atoms with E-state index in [9.17, 15) is 4.79 Å². The van der Waals surface area contributed by atoms with Crippen LogP contribution in [0.4, 0.5) is 0 Å². The Morgan fingerprint density at radius 1 is 1.24 bits per heavy atom. The van der Waals surface area contributed by atoms with Crippen LogP contribution in [0.2, 0.25) is 0 Å². The van der Waals surface area contributed by atoms with Crippen LogP contribution in [0.5, 0.6) is 5.75 Å². The van der Waals surface area contributed by atoms with Gasteiger partial charge < -0.3 is 9.84 Å². The highest BCUT2D eigenvalue weighted by Gasteiger charge is 2.15. The minimum atomic E-state index is -1.05. The molecule has 0 saturated heterocycles. The quantitative estimate of drug-likeness (QED) is 0.468. The largest absolute Gasteiger partial charge is 0.481 e. The number of para-hydroxylation sites is 1. The van der Waals surface area contributed by atoms with Crippen LogP contribution in [0.25, 0.3) is 11.4 Å². The van der Waals surface area contributed by atoms with E-state index >= 15 is 0 Å². The van der Waals surface area contributed by atoms with Gasteiger partial charge in [0.05, 0.1) is 6.21 Å². The van der Waals surface area contributed by atoms with Gasteiger partial charge in [-0.2, -0.15) is 14.9 Å². The Labute approximate surface area is 173 Å². The summed E-state index contributed by atoms with van der Waals surface area (Å²) in [5, 5.41) is 20.3. The first-order valence-electron chi connectivity index (χ1n) is 9.02. The molecule has 0 fully saturated rings. The number of carboxylic acids is 1. The molecular formula is C21H22N4O3S. The molecule has 29 heavy (non-hydrogen) atoms. The molecule has 0 aliphatic heterocycles. The fourth-order valence-corrected chi connectivity index (χ4v) is 2.86. The van der Waals surface area contributed by atoms with E-state index in [0.29, 0.717) is 21.9 Å². The molecule has 0 saturated carbocycles. The van der Waals surface area contributed by atoms with E-state index in [1.54, 1.807) is 24.4 Å². The van der Waals surface area contributed by atoms with Crippen LogP contribution < -0.4 is 4.74 Å². The Kier molecular flexibility index (Phi) is 5.93.